The number of pyridine rings is 1. The molecule has 1 saturated carbocycles. The fraction of sp³-hybridized carbons (Fsp3) is 0.250. The van der Waals surface area contributed by atoms with Gasteiger partial charge in [-0.1, -0.05) is 23.2 Å². The van der Waals surface area contributed by atoms with Gasteiger partial charge in [0, 0.05) is 22.6 Å². The first kappa shape index (κ1) is 16.0. The van der Waals surface area contributed by atoms with E-state index in [2.05, 4.69) is 4.98 Å². The van der Waals surface area contributed by atoms with Crippen LogP contribution in [0.3, 0.4) is 0 Å². The third-order valence-electron chi connectivity index (χ3n) is 3.57. The molecule has 2 aromatic rings. The second kappa shape index (κ2) is 6.34. The molecule has 1 aromatic heterocycles. The summed E-state index contributed by atoms with van der Waals surface area (Å²) < 4.78 is 19.2. The SMILES string of the molecule is O=C(O)c1cc(Cl)c(COc2cnc(C3CC3)c(Cl)c2)cc1F. The van der Waals surface area contributed by atoms with E-state index in [-0.39, 0.29) is 11.6 Å². The van der Waals surface area contributed by atoms with Crippen LogP contribution in [0.25, 0.3) is 0 Å². The molecule has 23 heavy (non-hydrogen) atoms. The van der Waals surface area contributed by atoms with Crippen molar-refractivity contribution in [3.8, 4) is 5.75 Å². The second-order valence-electron chi connectivity index (χ2n) is 5.33. The van der Waals surface area contributed by atoms with E-state index in [1.165, 1.54) is 0 Å². The topological polar surface area (TPSA) is 59.4 Å². The van der Waals surface area contributed by atoms with Crippen LogP contribution in [0.2, 0.25) is 10.0 Å². The highest BCUT2D eigenvalue weighted by Crippen LogP contribution is 2.42. The van der Waals surface area contributed by atoms with Gasteiger partial charge in [0.15, 0.2) is 0 Å². The van der Waals surface area contributed by atoms with Crippen molar-refractivity contribution in [1.29, 1.82) is 0 Å². The fourth-order valence-corrected chi connectivity index (χ4v) is 2.72. The summed E-state index contributed by atoms with van der Waals surface area (Å²) in [6, 6.07) is 3.79. The number of carbonyl (C=O) groups is 1. The number of rotatable bonds is 5. The number of halogens is 3. The van der Waals surface area contributed by atoms with Crippen molar-refractivity contribution in [2.75, 3.05) is 0 Å². The van der Waals surface area contributed by atoms with Gasteiger partial charge in [-0.05, 0) is 25.0 Å². The number of benzene rings is 1. The maximum absolute atomic E-state index is 13.7. The lowest BCUT2D eigenvalue weighted by Crippen LogP contribution is -2.04. The van der Waals surface area contributed by atoms with Crippen LogP contribution >= 0.6 is 23.2 Å². The highest BCUT2D eigenvalue weighted by Gasteiger charge is 2.27. The quantitative estimate of drug-likeness (QED) is 0.845. The predicted octanol–water partition coefficient (Wildman–Crippen LogP) is 4.68. The first-order valence-electron chi connectivity index (χ1n) is 6.95. The van der Waals surface area contributed by atoms with Crippen LogP contribution in [-0.4, -0.2) is 16.1 Å². The highest BCUT2D eigenvalue weighted by molar-refractivity contribution is 6.32. The lowest BCUT2D eigenvalue weighted by atomic mass is 10.1. The van der Waals surface area contributed by atoms with E-state index in [4.69, 9.17) is 33.0 Å². The zero-order chi connectivity index (χ0) is 16.6. The Kier molecular flexibility index (Phi) is 4.41. The van der Waals surface area contributed by atoms with E-state index in [0.29, 0.717) is 22.3 Å². The predicted molar refractivity (Wildman–Crippen MR) is 83.9 cm³/mol. The van der Waals surface area contributed by atoms with Crippen LogP contribution in [0.15, 0.2) is 24.4 Å². The van der Waals surface area contributed by atoms with E-state index in [1.54, 1.807) is 12.3 Å². The van der Waals surface area contributed by atoms with Crippen molar-refractivity contribution in [2.45, 2.75) is 25.4 Å². The Morgan fingerprint density at radius 1 is 1.30 bits per heavy atom. The minimum Gasteiger partial charge on any atom is -0.487 e. The smallest absolute Gasteiger partial charge is 0.338 e. The summed E-state index contributed by atoms with van der Waals surface area (Å²) in [6.07, 6.45) is 3.75. The van der Waals surface area contributed by atoms with Crippen molar-refractivity contribution in [3.05, 3.63) is 57.1 Å². The van der Waals surface area contributed by atoms with Crippen molar-refractivity contribution >= 4 is 29.2 Å². The summed E-state index contributed by atoms with van der Waals surface area (Å²) in [7, 11) is 0. The van der Waals surface area contributed by atoms with Gasteiger partial charge in [0.2, 0.25) is 0 Å². The molecule has 0 saturated heterocycles. The third-order valence-corrected chi connectivity index (χ3v) is 4.22. The zero-order valence-electron chi connectivity index (χ0n) is 11.9. The molecule has 0 spiro atoms. The van der Waals surface area contributed by atoms with Crippen LogP contribution in [-0.2, 0) is 6.61 Å². The number of hydrogen-bond donors (Lipinski definition) is 1. The van der Waals surface area contributed by atoms with Gasteiger partial charge in [-0.25, -0.2) is 9.18 Å². The van der Waals surface area contributed by atoms with Gasteiger partial charge in [-0.15, -0.1) is 0 Å². The first-order valence-corrected chi connectivity index (χ1v) is 7.70. The van der Waals surface area contributed by atoms with Gasteiger partial charge < -0.3 is 9.84 Å². The van der Waals surface area contributed by atoms with Gasteiger partial charge in [-0.2, -0.15) is 0 Å². The van der Waals surface area contributed by atoms with Gasteiger partial charge in [-0.3, -0.25) is 4.98 Å². The van der Waals surface area contributed by atoms with Gasteiger partial charge in [0.05, 0.1) is 22.5 Å². The molecule has 1 aliphatic rings. The van der Waals surface area contributed by atoms with E-state index in [0.717, 1.165) is 30.7 Å². The number of hydrogen-bond acceptors (Lipinski definition) is 3. The number of carboxylic acids is 1. The molecular weight excluding hydrogens is 344 g/mol. The van der Waals surface area contributed by atoms with Crippen LogP contribution in [0, 0.1) is 5.82 Å². The number of ether oxygens (including phenoxy) is 1. The third kappa shape index (κ3) is 3.57. The van der Waals surface area contributed by atoms with E-state index < -0.39 is 17.3 Å². The number of aromatic carboxylic acids is 1. The van der Waals surface area contributed by atoms with E-state index >= 15 is 0 Å². The molecule has 4 nitrogen and oxygen atoms in total. The summed E-state index contributed by atoms with van der Waals surface area (Å²) in [5.41, 5.74) is 0.739. The lowest BCUT2D eigenvalue weighted by Gasteiger charge is -2.10. The molecule has 0 unspecified atom stereocenters. The minimum absolute atomic E-state index is 0.0174. The molecule has 0 atom stereocenters. The summed E-state index contributed by atoms with van der Waals surface area (Å²) >= 11 is 12.1. The Bertz CT molecular complexity index is 778. The molecule has 0 amide bonds. The molecule has 1 aromatic carbocycles. The van der Waals surface area contributed by atoms with Gasteiger partial charge >= 0.3 is 5.97 Å². The van der Waals surface area contributed by atoms with Crippen molar-refractivity contribution < 1.29 is 19.0 Å². The largest absolute Gasteiger partial charge is 0.487 e. The number of nitrogens with zero attached hydrogens (tertiary/aromatic N) is 1. The standard InChI is InChI=1S/C16H12Cl2FNO3/c17-12-5-11(16(21)22)14(19)3-9(12)7-23-10-4-13(18)15(20-6-10)8-1-2-8/h3-6,8H,1-2,7H2,(H,21,22). The van der Waals surface area contributed by atoms with Crippen LogP contribution in [0.1, 0.15) is 40.4 Å². The van der Waals surface area contributed by atoms with Crippen molar-refractivity contribution in [1.82, 2.24) is 4.98 Å². The monoisotopic (exact) mass is 355 g/mol. The molecule has 1 N–H and O–H groups in total. The van der Waals surface area contributed by atoms with Crippen molar-refractivity contribution in [3.63, 3.8) is 0 Å². The molecular formula is C16H12Cl2FNO3. The second-order valence-corrected chi connectivity index (χ2v) is 6.14. The van der Waals surface area contributed by atoms with Crippen LogP contribution in [0.5, 0.6) is 5.75 Å². The molecule has 1 fully saturated rings. The fourth-order valence-electron chi connectivity index (χ4n) is 2.19. The number of aromatic nitrogens is 1. The van der Waals surface area contributed by atoms with Crippen molar-refractivity contribution in [2.24, 2.45) is 0 Å². The maximum Gasteiger partial charge on any atom is 0.338 e. The number of carboxylic acid groups (broad SMARTS) is 1. The van der Waals surface area contributed by atoms with Gasteiger partial charge in [0.1, 0.15) is 18.2 Å². The molecule has 120 valence electrons. The van der Waals surface area contributed by atoms with E-state index in [1.807, 2.05) is 0 Å². The average molecular weight is 356 g/mol. The molecule has 1 heterocycles. The molecule has 0 aliphatic heterocycles. The lowest BCUT2D eigenvalue weighted by molar-refractivity contribution is 0.0692. The van der Waals surface area contributed by atoms with Gasteiger partial charge in [0.25, 0.3) is 0 Å². The molecule has 7 heteroatoms. The Labute approximate surface area is 141 Å². The Morgan fingerprint density at radius 2 is 2.04 bits per heavy atom. The molecule has 0 radical (unpaired) electrons. The molecule has 0 bridgehead atoms. The Balaban J connectivity index is 1.74. The summed E-state index contributed by atoms with van der Waals surface area (Å²) in [5, 5.41) is 9.51. The molecule has 1 aliphatic carbocycles. The summed E-state index contributed by atoms with van der Waals surface area (Å²) in [5.74, 6) is -1.36. The normalized spacial score (nSPS) is 13.9. The maximum atomic E-state index is 13.7. The first-order chi connectivity index (χ1) is 11.0. The summed E-state index contributed by atoms with van der Waals surface area (Å²) in [6.45, 7) is -0.0174. The van der Waals surface area contributed by atoms with Crippen LogP contribution in [0.4, 0.5) is 4.39 Å². The zero-order valence-corrected chi connectivity index (χ0v) is 13.4. The average Bonchev–Trinajstić information content (AvgIpc) is 3.32. The highest BCUT2D eigenvalue weighted by atomic mass is 35.5. The Morgan fingerprint density at radius 3 is 2.65 bits per heavy atom. The summed E-state index contributed by atoms with van der Waals surface area (Å²) in [4.78, 5) is 15.1. The van der Waals surface area contributed by atoms with E-state index in [9.17, 15) is 9.18 Å². The Hall–Kier alpha value is -1.85. The van der Waals surface area contributed by atoms with Crippen LogP contribution < -0.4 is 4.74 Å². The molecule has 3 rings (SSSR count). The minimum atomic E-state index is -1.37.